The van der Waals surface area contributed by atoms with Crippen LogP contribution in [0.3, 0.4) is 0 Å². The first-order valence-corrected chi connectivity index (χ1v) is 11.5. The lowest BCUT2D eigenvalue weighted by atomic mass is 9.49. The molecule has 0 aliphatic heterocycles. The third kappa shape index (κ3) is 3.88. The van der Waals surface area contributed by atoms with Gasteiger partial charge in [-0.2, -0.15) is 0 Å². The number of hydrogen-bond donors (Lipinski definition) is 2. The molecule has 0 radical (unpaired) electrons. The van der Waals surface area contributed by atoms with E-state index in [1.165, 1.54) is 43.5 Å². The minimum absolute atomic E-state index is 0.0787. The maximum absolute atomic E-state index is 12.5. The van der Waals surface area contributed by atoms with Gasteiger partial charge >= 0.3 is 0 Å². The minimum Gasteiger partial charge on any atom is -0.273 e. The summed E-state index contributed by atoms with van der Waals surface area (Å²) in [7, 11) is -3.39. The Morgan fingerprint density at radius 3 is 2.19 bits per heavy atom. The molecule has 1 aromatic carbocycles. The lowest BCUT2D eigenvalue weighted by Gasteiger charge is -2.56. The molecule has 7 heteroatoms. The molecule has 0 heterocycles. The third-order valence-electron chi connectivity index (χ3n) is 6.54. The number of nitrogens with one attached hydrogen (secondary N) is 2. The Balaban J connectivity index is 1.35. The molecule has 0 aromatic heterocycles. The largest absolute Gasteiger partial charge is 0.273 e. The van der Waals surface area contributed by atoms with Gasteiger partial charge in [0.2, 0.25) is 5.91 Å². The molecule has 2 amide bonds. The number of rotatable bonds is 4. The smallest absolute Gasteiger partial charge is 0.269 e. The van der Waals surface area contributed by atoms with E-state index in [0.29, 0.717) is 6.42 Å². The van der Waals surface area contributed by atoms with Gasteiger partial charge in [-0.25, -0.2) is 8.42 Å². The summed E-state index contributed by atoms with van der Waals surface area (Å²) in [4.78, 5) is 24.8. The zero-order valence-electron chi connectivity index (χ0n) is 15.5. The van der Waals surface area contributed by atoms with Gasteiger partial charge in [-0.15, -0.1) is 0 Å². The molecular formula is C20H26N2O4S. The van der Waals surface area contributed by atoms with Crippen molar-refractivity contribution >= 4 is 21.7 Å². The molecule has 0 spiro atoms. The molecule has 4 aliphatic carbocycles. The van der Waals surface area contributed by atoms with Crippen molar-refractivity contribution in [1.29, 1.82) is 0 Å². The average molecular weight is 391 g/mol. The van der Waals surface area contributed by atoms with Gasteiger partial charge < -0.3 is 0 Å². The van der Waals surface area contributed by atoms with Crippen LogP contribution in [-0.2, 0) is 14.6 Å². The van der Waals surface area contributed by atoms with Crippen LogP contribution in [0.15, 0.2) is 29.2 Å². The summed E-state index contributed by atoms with van der Waals surface area (Å²) < 4.78 is 23.2. The maximum atomic E-state index is 12.5. The van der Waals surface area contributed by atoms with E-state index < -0.39 is 15.7 Å². The van der Waals surface area contributed by atoms with Crippen LogP contribution in [0.25, 0.3) is 0 Å². The zero-order chi connectivity index (χ0) is 19.2. The maximum Gasteiger partial charge on any atom is 0.269 e. The summed E-state index contributed by atoms with van der Waals surface area (Å²) in [6, 6.07) is 5.80. The van der Waals surface area contributed by atoms with Crippen LogP contribution in [0.5, 0.6) is 0 Å². The Kier molecular flexibility index (Phi) is 4.53. The SMILES string of the molecule is CS(=O)(=O)c1cccc(C(=O)NNC(=O)CC23CC4CC(CC(C4)C2)C3)c1. The Bertz CT molecular complexity index is 842. The number of carbonyl (C=O) groups excluding carboxylic acids is 2. The molecule has 27 heavy (non-hydrogen) atoms. The Morgan fingerprint density at radius 2 is 1.63 bits per heavy atom. The molecular weight excluding hydrogens is 364 g/mol. The van der Waals surface area contributed by atoms with Crippen molar-refractivity contribution in [3.8, 4) is 0 Å². The third-order valence-corrected chi connectivity index (χ3v) is 7.65. The van der Waals surface area contributed by atoms with E-state index in [2.05, 4.69) is 10.9 Å². The van der Waals surface area contributed by atoms with Crippen LogP contribution in [0.1, 0.15) is 55.3 Å². The van der Waals surface area contributed by atoms with Crippen LogP contribution in [-0.4, -0.2) is 26.5 Å². The van der Waals surface area contributed by atoms with Crippen LogP contribution >= 0.6 is 0 Å². The molecule has 0 saturated heterocycles. The molecule has 4 saturated carbocycles. The van der Waals surface area contributed by atoms with Gasteiger partial charge in [-0.1, -0.05) is 6.07 Å². The second-order valence-electron chi connectivity index (χ2n) is 8.90. The molecule has 6 nitrogen and oxygen atoms in total. The van der Waals surface area contributed by atoms with Crippen LogP contribution in [0, 0.1) is 23.2 Å². The van der Waals surface area contributed by atoms with Gasteiger partial charge in [0.1, 0.15) is 0 Å². The van der Waals surface area contributed by atoms with E-state index in [9.17, 15) is 18.0 Å². The summed E-state index contributed by atoms with van der Waals surface area (Å²) in [6.07, 6.45) is 8.94. The second kappa shape index (κ2) is 6.62. The molecule has 2 N–H and O–H groups in total. The predicted octanol–water partition coefficient (Wildman–Crippen LogP) is 2.46. The number of benzene rings is 1. The van der Waals surface area contributed by atoms with Crippen molar-refractivity contribution in [1.82, 2.24) is 10.9 Å². The molecule has 4 bridgehead atoms. The van der Waals surface area contributed by atoms with Gasteiger partial charge in [0, 0.05) is 18.2 Å². The molecule has 0 atom stereocenters. The van der Waals surface area contributed by atoms with Crippen molar-refractivity contribution in [2.24, 2.45) is 23.2 Å². The molecule has 0 unspecified atom stereocenters. The molecule has 4 aliphatic rings. The Labute approximate surface area is 160 Å². The Morgan fingerprint density at radius 1 is 1.04 bits per heavy atom. The fourth-order valence-electron chi connectivity index (χ4n) is 5.96. The van der Waals surface area contributed by atoms with E-state index in [1.54, 1.807) is 0 Å². The molecule has 4 fully saturated rings. The normalized spacial score (nSPS) is 31.5. The van der Waals surface area contributed by atoms with E-state index in [0.717, 1.165) is 43.3 Å². The molecule has 146 valence electrons. The summed E-state index contributed by atoms with van der Waals surface area (Å²) in [5.41, 5.74) is 5.27. The number of hydrogen-bond acceptors (Lipinski definition) is 4. The number of amides is 2. The lowest BCUT2D eigenvalue weighted by molar-refractivity contribution is -0.130. The topological polar surface area (TPSA) is 92.3 Å². The van der Waals surface area contributed by atoms with Crippen molar-refractivity contribution in [3.63, 3.8) is 0 Å². The highest BCUT2D eigenvalue weighted by Crippen LogP contribution is 2.61. The predicted molar refractivity (Wildman–Crippen MR) is 100 cm³/mol. The minimum atomic E-state index is -3.39. The van der Waals surface area contributed by atoms with E-state index in [-0.39, 0.29) is 21.8 Å². The number of carbonyl (C=O) groups is 2. The van der Waals surface area contributed by atoms with Gasteiger partial charge in [0.05, 0.1) is 4.90 Å². The fourth-order valence-corrected chi connectivity index (χ4v) is 6.62. The average Bonchev–Trinajstić information content (AvgIpc) is 2.57. The fraction of sp³-hybridized carbons (Fsp3) is 0.600. The summed E-state index contributed by atoms with van der Waals surface area (Å²) in [5.74, 6) is 1.65. The van der Waals surface area contributed by atoms with Crippen molar-refractivity contribution < 1.29 is 18.0 Å². The lowest BCUT2D eigenvalue weighted by Crippen LogP contribution is -2.50. The standard InChI is InChI=1S/C20H26N2O4S/c1-27(25,26)17-4-2-3-16(8-17)19(24)22-21-18(23)12-20-9-13-5-14(10-20)7-15(6-13)11-20/h2-4,8,13-15H,5-7,9-12H2,1H3,(H,21,23)(H,22,24). The molecule has 1 aromatic rings. The van der Waals surface area contributed by atoms with Crippen LogP contribution in [0.2, 0.25) is 0 Å². The van der Waals surface area contributed by atoms with Gasteiger partial charge in [-0.3, -0.25) is 20.4 Å². The zero-order valence-corrected chi connectivity index (χ0v) is 16.3. The summed E-state index contributed by atoms with van der Waals surface area (Å²) >= 11 is 0. The monoisotopic (exact) mass is 390 g/mol. The van der Waals surface area contributed by atoms with Crippen molar-refractivity contribution in [3.05, 3.63) is 29.8 Å². The van der Waals surface area contributed by atoms with E-state index in [4.69, 9.17) is 0 Å². The molecule has 5 rings (SSSR count). The van der Waals surface area contributed by atoms with Crippen molar-refractivity contribution in [2.45, 2.75) is 49.8 Å². The number of sulfone groups is 1. The summed E-state index contributed by atoms with van der Waals surface area (Å²) in [6.45, 7) is 0. The van der Waals surface area contributed by atoms with Crippen LogP contribution < -0.4 is 10.9 Å². The van der Waals surface area contributed by atoms with E-state index >= 15 is 0 Å². The highest BCUT2D eigenvalue weighted by molar-refractivity contribution is 7.90. The van der Waals surface area contributed by atoms with Gasteiger partial charge in [0.25, 0.3) is 5.91 Å². The highest BCUT2D eigenvalue weighted by atomic mass is 32.2. The first-order chi connectivity index (χ1) is 12.7. The second-order valence-corrected chi connectivity index (χ2v) is 10.9. The van der Waals surface area contributed by atoms with Crippen LogP contribution in [0.4, 0.5) is 0 Å². The first-order valence-electron chi connectivity index (χ1n) is 9.62. The first kappa shape index (κ1) is 18.5. The van der Waals surface area contributed by atoms with Crippen molar-refractivity contribution in [2.75, 3.05) is 6.26 Å². The quantitative estimate of drug-likeness (QED) is 0.773. The number of hydrazine groups is 1. The summed E-state index contributed by atoms with van der Waals surface area (Å²) in [5, 5.41) is 0. The Hall–Kier alpha value is -1.89. The van der Waals surface area contributed by atoms with E-state index in [1.807, 2.05) is 0 Å². The highest BCUT2D eigenvalue weighted by Gasteiger charge is 2.51. The van der Waals surface area contributed by atoms with Gasteiger partial charge in [-0.05, 0) is 79.9 Å². The van der Waals surface area contributed by atoms with Gasteiger partial charge in [0.15, 0.2) is 9.84 Å².